The second-order valence-corrected chi connectivity index (χ2v) is 6.53. The molecular weight excluding hydrogens is 278 g/mol. The minimum Gasteiger partial charge on any atom is -0.390 e. The lowest BCUT2D eigenvalue weighted by molar-refractivity contribution is 0.213. The molecular formula is C18H23NOS. The van der Waals surface area contributed by atoms with E-state index in [1.807, 2.05) is 18.2 Å². The summed E-state index contributed by atoms with van der Waals surface area (Å²) in [6, 6.07) is 18.6. The van der Waals surface area contributed by atoms with E-state index in [-0.39, 0.29) is 6.10 Å². The van der Waals surface area contributed by atoms with Gasteiger partial charge >= 0.3 is 0 Å². The maximum absolute atomic E-state index is 10.0. The minimum absolute atomic E-state index is 0.361. The van der Waals surface area contributed by atoms with Crippen LogP contribution in [-0.2, 0) is 0 Å². The molecule has 1 atom stereocenters. The second kappa shape index (κ2) is 8.11. The van der Waals surface area contributed by atoms with Crippen LogP contribution in [0.5, 0.6) is 0 Å². The van der Waals surface area contributed by atoms with Gasteiger partial charge in [0.1, 0.15) is 0 Å². The lowest BCUT2D eigenvalue weighted by Crippen LogP contribution is -2.21. The molecule has 0 saturated heterocycles. The summed E-state index contributed by atoms with van der Waals surface area (Å²) >= 11 is 1.68. The highest BCUT2D eigenvalue weighted by molar-refractivity contribution is 7.99. The summed E-state index contributed by atoms with van der Waals surface area (Å²) in [5, 5.41) is 13.3. The van der Waals surface area contributed by atoms with Crippen LogP contribution < -0.4 is 5.32 Å². The molecule has 2 aromatic carbocycles. The third-order valence-electron chi connectivity index (χ3n) is 3.30. The van der Waals surface area contributed by atoms with Crippen molar-refractivity contribution in [1.29, 1.82) is 0 Å². The summed E-state index contributed by atoms with van der Waals surface area (Å²) in [5.74, 6) is 1.24. The van der Waals surface area contributed by atoms with E-state index in [0.29, 0.717) is 18.2 Å². The molecule has 21 heavy (non-hydrogen) atoms. The highest BCUT2D eigenvalue weighted by Crippen LogP contribution is 2.19. The molecule has 0 aliphatic rings. The quantitative estimate of drug-likeness (QED) is 0.745. The maximum Gasteiger partial charge on any atom is 0.0806 e. The van der Waals surface area contributed by atoms with Gasteiger partial charge in [-0.3, -0.25) is 0 Å². The van der Waals surface area contributed by atoms with E-state index in [1.54, 1.807) is 11.8 Å². The Labute approximate surface area is 131 Å². The average molecular weight is 301 g/mol. The first kappa shape index (κ1) is 15.9. The van der Waals surface area contributed by atoms with Gasteiger partial charge in [0.2, 0.25) is 0 Å². The van der Waals surface area contributed by atoms with E-state index >= 15 is 0 Å². The molecule has 0 fully saturated rings. The fraction of sp³-hybridized carbons (Fsp3) is 0.333. The van der Waals surface area contributed by atoms with Gasteiger partial charge in [-0.1, -0.05) is 44.2 Å². The molecule has 2 N–H and O–H groups in total. The second-order valence-electron chi connectivity index (χ2n) is 5.44. The first-order valence-electron chi connectivity index (χ1n) is 7.35. The molecule has 2 nitrogen and oxygen atoms in total. The van der Waals surface area contributed by atoms with E-state index < -0.39 is 0 Å². The van der Waals surface area contributed by atoms with Gasteiger partial charge in [0.25, 0.3) is 0 Å². The zero-order valence-corrected chi connectivity index (χ0v) is 13.4. The molecule has 0 amide bonds. The summed E-state index contributed by atoms with van der Waals surface area (Å²) < 4.78 is 0. The van der Waals surface area contributed by atoms with Crippen LogP contribution in [0.2, 0.25) is 0 Å². The fourth-order valence-corrected chi connectivity index (χ4v) is 2.84. The molecule has 0 spiro atoms. The van der Waals surface area contributed by atoms with Gasteiger partial charge < -0.3 is 10.4 Å². The van der Waals surface area contributed by atoms with Gasteiger partial charge in [-0.05, 0) is 35.7 Å². The van der Waals surface area contributed by atoms with Crippen LogP contribution in [0.15, 0.2) is 59.5 Å². The Morgan fingerprint density at radius 3 is 2.29 bits per heavy atom. The number of hydrogen-bond acceptors (Lipinski definition) is 3. The predicted molar refractivity (Wildman–Crippen MR) is 92.2 cm³/mol. The standard InChI is InChI=1S/C18H23NOS/c1-14(2)15-8-10-16(11-9-15)19-12-17(20)13-21-18-6-4-3-5-7-18/h3-11,14,17,19-20H,12-13H2,1-2H3/t17-/m0/s1. The van der Waals surface area contributed by atoms with Crippen molar-refractivity contribution >= 4 is 17.4 Å². The van der Waals surface area contributed by atoms with E-state index in [4.69, 9.17) is 0 Å². The maximum atomic E-state index is 10.0. The smallest absolute Gasteiger partial charge is 0.0806 e. The monoisotopic (exact) mass is 301 g/mol. The van der Waals surface area contributed by atoms with Gasteiger partial charge in [-0.15, -0.1) is 11.8 Å². The molecule has 0 saturated carbocycles. The number of thioether (sulfide) groups is 1. The van der Waals surface area contributed by atoms with Crippen molar-refractivity contribution in [2.45, 2.75) is 30.8 Å². The Hall–Kier alpha value is -1.45. The number of aliphatic hydroxyl groups is 1. The lowest BCUT2D eigenvalue weighted by atomic mass is 10.0. The minimum atomic E-state index is -0.361. The van der Waals surface area contributed by atoms with Crippen molar-refractivity contribution in [2.75, 3.05) is 17.6 Å². The van der Waals surface area contributed by atoms with Crippen molar-refractivity contribution in [3.63, 3.8) is 0 Å². The molecule has 2 rings (SSSR count). The first-order chi connectivity index (χ1) is 10.1. The highest BCUT2D eigenvalue weighted by Gasteiger charge is 2.05. The molecule has 112 valence electrons. The molecule has 2 aromatic rings. The van der Waals surface area contributed by atoms with Gasteiger partial charge in [0, 0.05) is 22.9 Å². The molecule has 0 aliphatic heterocycles. The first-order valence-corrected chi connectivity index (χ1v) is 8.33. The van der Waals surface area contributed by atoms with E-state index in [9.17, 15) is 5.11 Å². The van der Waals surface area contributed by atoms with E-state index in [1.165, 1.54) is 10.5 Å². The van der Waals surface area contributed by atoms with Crippen molar-refractivity contribution in [2.24, 2.45) is 0 Å². The molecule has 0 heterocycles. The lowest BCUT2D eigenvalue weighted by Gasteiger charge is -2.13. The Morgan fingerprint density at radius 1 is 1.00 bits per heavy atom. The number of nitrogens with one attached hydrogen (secondary N) is 1. The summed E-state index contributed by atoms with van der Waals surface area (Å²) in [7, 11) is 0. The van der Waals surface area contributed by atoms with Gasteiger partial charge in [0.05, 0.1) is 6.10 Å². The third-order valence-corrected chi connectivity index (χ3v) is 4.46. The third kappa shape index (κ3) is 5.44. The number of rotatable bonds is 7. The largest absolute Gasteiger partial charge is 0.390 e. The van der Waals surface area contributed by atoms with Gasteiger partial charge in [0.15, 0.2) is 0 Å². The van der Waals surface area contributed by atoms with Crippen molar-refractivity contribution in [3.8, 4) is 0 Å². The summed E-state index contributed by atoms with van der Waals surface area (Å²) in [4.78, 5) is 1.19. The summed E-state index contributed by atoms with van der Waals surface area (Å²) in [6.07, 6.45) is -0.361. The number of aliphatic hydroxyl groups excluding tert-OH is 1. The van der Waals surface area contributed by atoms with Crippen LogP contribution in [-0.4, -0.2) is 23.5 Å². The SMILES string of the molecule is CC(C)c1ccc(NC[C@H](O)CSc2ccccc2)cc1. The summed E-state index contributed by atoms with van der Waals surface area (Å²) in [5.41, 5.74) is 2.39. The molecule has 0 radical (unpaired) electrons. The fourth-order valence-electron chi connectivity index (χ4n) is 1.99. The Kier molecular flexibility index (Phi) is 6.15. The number of benzene rings is 2. The van der Waals surface area contributed by atoms with Crippen LogP contribution in [0.25, 0.3) is 0 Å². The molecule has 0 unspecified atom stereocenters. The normalized spacial score (nSPS) is 12.4. The van der Waals surface area contributed by atoms with E-state index in [2.05, 4.69) is 55.6 Å². The molecule has 0 aromatic heterocycles. The zero-order valence-electron chi connectivity index (χ0n) is 12.6. The summed E-state index contributed by atoms with van der Waals surface area (Å²) in [6.45, 7) is 4.95. The Balaban J connectivity index is 1.74. The molecule has 0 bridgehead atoms. The molecule has 3 heteroatoms. The zero-order chi connectivity index (χ0) is 15.1. The number of hydrogen-bond donors (Lipinski definition) is 2. The highest BCUT2D eigenvalue weighted by atomic mass is 32.2. The van der Waals surface area contributed by atoms with E-state index in [0.717, 1.165) is 5.69 Å². The van der Waals surface area contributed by atoms with Crippen LogP contribution >= 0.6 is 11.8 Å². The van der Waals surface area contributed by atoms with Crippen LogP contribution in [0, 0.1) is 0 Å². The van der Waals surface area contributed by atoms with Crippen LogP contribution in [0.3, 0.4) is 0 Å². The molecule has 0 aliphatic carbocycles. The van der Waals surface area contributed by atoms with Crippen molar-refractivity contribution in [3.05, 3.63) is 60.2 Å². The van der Waals surface area contributed by atoms with Crippen LogP contribution in [0.1, 0.15) is 25.3 Å². The Bertz CT molecular complexity index is 525. The van der Waals surface area contributed by atoms with Crippen molar-refractivity contribution in [1.82, 2.24) is 0 Å². The number of anilines is 1. The van der Waals surface area contributed by atoms with Gasteiger partial charge in [-0.2, -0.15) is 0 Å². The topological polar surface area (TPSA) is 32.3 Å². The average Bonchev–Trinajstić information content (AvgIpc) is 2.52. The van der Waals surface area contributed by atoms with Crippen molar-refractivity contribution < 1.29 is 5.11 Å². The van der Waals surface area contributed by atoms with Gasteiger partial charge in [-0.25, -0.2) is 0 Å². The Morgan fingerprint density at radius 2 is 1.67 bits per heavy atom. The predicted octanol–water partition coefficient (Wildman–Crippen LogP) is 4.38. The van der Waals surface area contributed by atoms with Crippen LogP contribution in [0.4, 0.5) is 5.69 Å².